The van der Waals surface area contributed by atoms with Gasteiger partial charge in [-0.25, -0.2) is 0 Å². The van der Waals surface area contributed by atoms with Crippen LogP contribution in [0.5, 0.6) is 0 Å². The number of nitrogens with zero attached hydrogens (tertiary/aromatic N) is 2. The van der Waals surface area contributed by atoms with E-state index < -0.39 is 0 Å². The molecule has 0 N–H and O–H groups in total. The molecule has 5 nitrogen and oxygen atoms in total. The van der Waals surface area contributed by atoms with E-state index in [0.29, 0.717) is 13.2 Å². The number of aryl methyl sites for hydroxylation is 1. The van der Waals surface area contributed by atoms with E-state index >= 15 is 0 Å². The number of carbonyl (C=O) groups excluding carboxylic acids is 1. The number of pyridine rings is 1. The smallest absolute Gasteiger partial charge is 0.254 e. The molecule has 1 aromatic heterocycles. The SMILES string of the molecule is CCc1cnccc1C(=O)N1CCC[C@H](C2OCCO2)C1. The van der Waals surface area contributed by atoms with Crippen LogP contribution in [0, 0.1) is 5.92 Å². The molecule has 0 saturated carbocycles. The highest BCUT2D eigenvalue weighted by Gasteiger charge is 2.33. The third kappa shape index (κ3) is 3.09. The lowest BCUT2D eigenvalue weighted by molar-refractivity contribution is -0.0969. The molecule has 2 aliphatic rings. The molecular weight excluding hydrogens is 268 g/mol. The molecule has 3 heterocycles. The van der Waals surface area contributed by atoms with Crippen LogP contribution in [0.15, 0.2) is 18.5 Å². The monoisotopic (exact) mass is 290 g/mol. The molecule has 1 atom stereocenters. The zero-order valence-corrected chi connectivity index (χ0v) is 12.5. The van der Waals surface area contributed by atoms with Crippen LogP contribution in [0.25, 0.3) is 0 Å². The molecule has 0 aromatic carbocycles. The first-order chi connectivity index (χ1) is 10.3. The third-order valence-corrected chi connectivity index (χ3v) is 4.29. The number of carbonyl (C=O) groups is 1. The lowest BCUT2D eigenvalue weighted by Gasteiger charge is -2.35. The maximum absolute atomic E-state index is 12.8. The van der Waals surface area contributed by atoms with Crippen LogP contribution in [0.2, 0.25) is 0 Å². The van der Waals surface area contributed by atoms with Gasteiger partial charge in [-0.15, -0.1) is 0 Å². The first kappa shape index (κ1) is 14.5. The zero-order valence-electron chi connectivity index (χ0n) is 12.5. The van der Waals surface area contributed by atoms with Gasteiger partial charge >= 0.3 is 0 Å². The summed E-state index contributed by atoms with van der Waals surface area (Å²) in [4.78, 5) is 18.8. The van der Waals surface area contributed by atoms with Gasteiger partial charge in [-0.2, -0.15) is 0 Å². The largest absolute Gasteiger partial charge is 0.350 e. The van der Waals surface area contributed by atoms with E-state index in [1.165, 1.54) is 0 Å². The number of piperidine rings is 1. The van der Waals surface area contributed by atoms with E-state index in [1.807, 2.05) is 17.9 Å². The summed E-state index contributed by atoms with van der Waals surface area (Å²) in [5, 5.41) is 0. The molecule has 21 heavy (non-hydrogen) atoms. The minimum atomic E-state index is -0.135. The average molecular weight is 290 g/mol. The second-order valence-corrected chi connectivity index (χ2v) is 5.65. The van der Waals surface area contributed by atoms with Crippen molar-refractivity contribution in [3.8, 4) is 0 Å². The zero-order chi connectivity index (χ0) is 14.7. The summed E-state index contributed by atoms with van der Waals surface area (Å²) >= 11 is 0. The van der Waals surface area contributed by atoms with Crippen LogP contribution < -0.4 is 0 Å². The van der Waals surface area contributed by atoms with Crippen LogP contribution in [-0.4, -0.2) is 48.4 Å². The van der Waals surface area contributed by atoms with E-state index in [-0.39, 0.29) is 18.1 Å². The molecule has 2 saturated heterocycles. The predicted octanol–water partition coefficient (Wildman–Crippen LogP) is 1.87. The van der Waals surface area contributed by atoms with E-state index in [2.05, 4.69) is 4.98 Å². The number of hydrogen-bond acceptors (Lipinski definition) is 4. The van der Waals surface area contributed by atoms with Crippen LogP contribution in [0.3, 0.4) is 0 Å². The number of ether oxygens (including phenoxy) is 2. The van der Waals surface area contributed by atoms with Crippen molar-refractivity contribution in [2.45, 2.75) is 32.5 Å². The van der Waals surface area contributed by atoms with Gasteiger partial charge in [-0.05, 0) is 30.9 Å². The quantitative estimate of drug-likeness (QED) is 0.853. The average Bonchev–Trinajstić information content (AvgIpc) is 3.09. The number of amides is 1. The first-order valence-corrected chi connectivity index (χ1v) is 7.75. The van der Waals surface area contributed by atoms with E-state index in [4.69, 9.17) is 9.47 Å². The van der Waals surface area contributed by atoms with Gasteiger partial charge in [-0.1, -0.05) is 6.92 Å². The van der Waals surface area contributed by atoms with Gasteiger partial charge in [0, 0.05) is 37.0 Å². The summed E-state index contributed by atoms with van der Waals surface area (Å²) < 4.78 is 11.2. The van der Waals surface area contributed by atoms with E-state index in [9.17, 15) is 4.79 Å². The van der Waals surface area contributed by atoms with Crippen molar-refractivity contribution in [2.75, 3.05) is 26.3 Å². The van der Waals surface area contributed by atoms with Gasteiger partial charge in [0.2, 0.25) is 0 Å². The van der Waals surface area contributed by atoms with Crippen molar-refractivity contribution in [2.24, 2.45) is 5.92 Å². The second-order valence-electron chi connectivity index (χ2n) is 5.65. The Morgan fingerprint density at radius 1 is 1.43 bits per heavy atom. The Labute approximate surface area is 125 Å². The maximum atomic E-state index is 12.8. The molecule has 1 amide bonds. The van der Waals surface area contributed by atoms with Gasteiger partial charge < -0.3 is 14.4 Å². The van der Waals surface area contributed by atoms with Gasteiger partial charge in [-0.3, -0.25) is 9.78 Å². The Hall–Kier alpha value is -1.46. The number of aromatic nitrogens is 1. The third-order valence-electron chi connectivity index (χ3n) is 4.29. The van der Waals surface area contributed by atoms with Crippen LogP contribution in [0.1, 0.15) is 35.7 Å². The van der Waals surface area contributed by atoms with E-state index in [0.717, 1.165) is 43.5 Å². The highest BCUT2D eigenvalue weighted by Crippen LogP contribution is 2.26. The minimum Gasteiger partial charge on any atom is -0.350 e. The lowest BCUT2D eigenvalue weighted by atomic mass is 9.96. The Morgan fingerprint density at radius 2 is 2.24 bits per heavy atom. The second kappa shape index (κ2) is 6.54. The summed E-state index contributed by atoms with van der Waals surface area (Å²) in [6.07, 6.45) is 6.23. The number of hydrogen-bond donors (Lipinski definition) is 0. The van der Waals surface area contributed by atoms with Crippen LogP contribution >= 0.6 is 0 Å². The Bertz CT molecular complexity index is 500. The molecule has 3 rings (SSSR count). The Morgan fingerprint density at radius 3 is 3.00 bits per heavy atom. The summed E-state index contributed by atoms with van der Waals surface area (Å²) in [5.74, 6) is 0.397. The normalized spacial score (nSPS) is 23.5. The summed E-state index contributed by atoms with van der Waals surface area (Å²) in [5.41, 5.74) is 1.79. The van der Waals surface area contributed by atoms with E-state index in [1.54, 1.807) is 12.4 Å². The van der Waals surface area contributed by atoms with Crippen molar-refractivity contribution in [1.82, 2.24) is 9.88 Å². The molecule has 114 valence electrons. The van der Waals surface area contributed by atoms with Crippen molar-refractivity contribution in [3.05, 3.63) is 29.6 Å². The van der Waals surface area contributed by atoms with Gasteiger partial charge in [0.1, 0.15) is 0 Å². The molecule has 5 heteroatoms. The molecule has 1 aromatic rings. The lowest BCUT2D eigenvalue weighted by Crippen LogP contribution is -2.44. The molecule has 0 aliphatic carbocycles. The molecule has 0 bridgehead atoms. The first-order valence-electron chi connectivity index (χ1n) is 7.75. The minimum absolute atomic E-state index is 0.108. The highest BCUT2D eigenvalue weighted by atomic mass is 16.7. The molecule has 0 unspecified atom stereocenters. The standard InChI is InChI=1S/C16H22N2O3/c1-2-12-10-17-6-5-14(12)15(19)18-7-3-4-13(11-18)16-20-8-9-21-16/h5-6,10,13,16H,2-4,7-9,11H2,1H3/t13-/m0/s1. The van der Waals surface area contributed by atoms with Gasteiger partial charge in [0.25, 0.3) is 5.91 Å². The predicted molar refractivity (Wildman–Crippen MR) is 77.9 cm³/mol. The Kier molecular flexibility index (Phi) is 4.51. The summed E-state index contributed by atoms with van der Waals surface area (Å²) in [7, 11) is 0. The van der Waals surface area contributed by atoms with Crippen molar-refractivity contribution in [3.63, 3.8) is 0 Å². The summed E-state index contributed by atoms with van der Waals surface area (Å²) in [6.45, 7) is 4.91. The highest BCUT2D eigenvalue weighted by molar-refractivity contribution is 5.95. The van der Waals surface area contributed by atoms with Crippen molar-refractivity contribution in [1.29, 1.82) is 0 Å². The topological polar surface area (TPSA) is 51.7 Å². The van der Waals surface area contributed by atoms with Gasteiger partial charge in [0.05, 0.1) is 13.2 Å². The molecule has 0 radical (unpaired) electrons. The summed E-state index contributed by atoms with van der Waals surface area (Å²) in [6, 6.07) is 1.83. The fourth-order valence-corrected chi connectivity index (χ4v) is 3.15. The van der Waals surface area contributed by atoms with Gasteiger partial charge in [0.15, 0.2) is 6.29 Å². The van der Waals surface area contributed by atoms with Crippen molar-refractivity contribution < 1.29 is 14.3 Å². The molecule has 0 spiro atoms. The molecule has 2 aliphatic heterocycles. The van der Waals surface area contributed by atoms with Crippen LogP contribution in [-0.2, 0) is 15.9 Å². The maximum Gasteiger partial charge on any atom is 0.254 e. The fourth-order valence-electron chi connectivity index (χ4n) is 3.15. The number of likely N-dealkylation sites (tertiary alicyclic amines) is 1. The van der Waals surface area contributed by atoms with Crippen molar-refractivity contribution >= 4 is 5.91 Å². The Balaban J connectivity index is 1.71. The number of rotatable bonds is 3. The molecule has 2 fully saturated rings. The van der Waals surface area contributed by atoms with Crippen LogP contribution in [0.4, 0.5) is 0 Å². The fraction of sp³-hybridized carbons (Fsp3) is 0.625. The molecular formula is C16H22N2O3.